The molecule has 4 nitrogen and oxygen atoms in total. The Morgan fingerprint density at radius 1 is 1.13 bits per heavy atom. The Morgan fingerprint density at radius 2 is 1.78 bits per heavy atom. The van der Waals surface area contributed by atoms with Crippen molar-refractivity contribution in [1.29, 1.82) is 0 Å². The summed E-state index contributed by atoms with van der Waals surface area (Å²) in [5.74, 6) is 0.0555. The molecule has 0 spiro atoms. The van der Waals surface area contributed by atoms with Gasteiger partial charge in [-0.05, 0) is 37.8 Å². The van der Waals surface area contributed by atoms with Crippen molar-refractivity contribution in [3.05, 3.63) is 30.3 Å². The van der Waals surface area contributed by atoms with Gasteiger partial charge in [0.1, 0.15) is 0 Å². The molecule has 1 aromatic rings. The normalized spacial score (nSPS) is 22.7. The molecular weight excluding hydrogens is 333 g/mol. The standard InChI is InChI=1S/C17H25N3O.2ClH/c18-17(10-4-5-11-17)16(21)19-14-7-6-12-20(13-14)15-8-2-1-3-9-15;;/h1-3,8-9,14H,4-7,10-13,18H2,(H,19,21);2*1H. The van der Waals surface area contributed by atoms with Crippen LogP contribution < -0.4 is 16.0 Å². The molecule has 1 aromatic carbocycles. The Kier molecular flexibility index (Phi) is 7.65. The van der Waals surface area contributed by atoms with Gasteiger partial charge >= 0.3 is 0 Å². The lowest BCUT2D eigenvalue weighted by Crippen LogP contribution is -2.57. The number of piperidine rings is 1. The van der Waals surface area contributed by atoms with Crippen LogP contribution in [0.1, 0.15) is 38.5 Å². The molecule has 2 aliphatic rings. The molecular formula is C17H27Cl2N3O. The average Bonchev–Trinajstić information content (AvgIpc) is 2.97. The summed E-state index contributed by atoms with van der Waals surface area (Å²) in [4.78, 5) is 14.8. The predicted octanol–water partition coefficient (Wildman–Crippen LogP) is 2.89. The number of nitrogens with two attached hydrogens (primary N) is 1. The van der Waals surface area contributed by atoms with Crippen LogP contribution in [0.2, 0.25) is 0 Å². The number of carbonyl (C=O) groups is 1. The zero-order chi connectivity index (χ0) is 14.7. The largest absolute Gasteiger partial charge is 0.369 e. The number of anilines is 1. The van der Waals surface area contributed by atoms with Gasteiger partial charge in [0.25, 0.3) is 0 Å². The highest BCUT2D eigenvalue weighted by molar-refractivity contribution is 5.86. The SMILES string of the molecule is Cl.Cl.NC1(C(=O)NC2CCCN(c3ccccc3)C2)CCCC1. The van der Waals surface area contributed by atoms with E-state index >= 15 is 0 Å². The summed E-state index contributed by atoms with van der Waals surface area (Å²) in [7, 11) is 0. The van der Waals surface area contributed by atoms with Crippen LogP contribution in [0.3, 0.4) is 0 Å². The Morgan fingerprint density at radius 3 is 2.43 bits per heavy atom. The highest BCUT2D eigenvalue weighted by Crippen LogP contribution is 2.28. The van der Waals surface area contributed by atoms with Crippen molar-refractivity contribution < 1.29 is 4.79 Å². The maximum absolute atomic E-state index is 12.4. The summed E-state index contributed by atoms with van der Waals surface area (Å²) in [5.41, 5.74) is 6.86. The third-order valence-electron chi connectivity index (χ3n) is 4.83. The van der Waals surface area contributed by atoms with Crippen molar-refractivity contribution >= 4 is 36.4 Å². The molecule has 3 rings (SSSR count). The third-order valence-corrected chi connectivity index (χ3v) is 4.83. The molecule has 0 aromatic heterocycles. The average molecular weight is 360 g/mol. The first-order chi connectivity index (χ1) is 10.2. The van der Waals surface area contributed by atoms with Crippen molar-refractivity contribution in [3.63, 3.8) is 0 Å². The van der Waals surface area contributed by atoms with E-state index < -0.39 is 5.54 Å². The number of nitrogens with one attached hydrogen (secondary N) is 1. The van der Waals surface area contributed by atoms with Crippen LogP contribution in [0.5, 0.6) is 0 Å². The Labute approximate surface area is 151 Å². The second kappa shape index (κ2) is 8.76. The van der Waals surface area contributed by atoms with Crippen molar-refractivity contribution in [1.82, 2.24) is 5.32 Å². The molecule has 1 heterocycles. The zero-order valence-corrected chi connectivity index (χ0v) is 15.0. The van der Waals surface area contributed by atoms with E-state index in [9.17, 15) is 4.79 Å². The molecule has 1 aliphatic heterocycles. The molecule has 1 amide bonds. The van der Waals surface area contributed by atoms with Gasteiger partial charge in [-0.2, -0.15) is 0 Å². The second-order valence-corrected chi connectivity index (χ2v) is 6.46. The monoisotopic (exact) mass is 359 g/mol. The fraction of sp³-hybridized carbons (Fsp3) is 0.588. The molecule has 6 heteroatoms. The van der Waals surface area contributed by atoms with E-state index in [1.54, 1.807) is 0 Å². The summed E-state index contributed by atoms with van der Waals surface area (Å²) in [6.45, 7) is 1.94. The Bertz CT molecular complexity index is 492. The summed E-state index contributed by atoms with van der Waals surface area (Å²) in [5, 5.41) is 3.20. The summed E-state index contributed by atoms with van der Waals surface area (Å²) >= 11 is 0. The van der Waals surface area contributed by atoms with Gasteiger partial charge in [-0.1, -0.05) is 31.0 Å². The summed E-state index contributed by atoms with van der Waals surface area (Å²) in [6, 6.07) is 10.6. The number of halogens is 2. The molecule has 1 unspecified atom stereocenters. The molecule has 1 saturated heterocycles. The van der Waals surface area contributed by atoms with Crippen molar-refractivity contribution in [2.75, 3.05) is 18.0 Å². The minimum Gasteiger partial charge on any atom is -0.369 e. The molecule has 2 fully saturated rings. The topological polar surface area (TPSA) is 58.4 Å². The van der Waals surface area contributed by atoms with Crippen molar-refractivity contribution in [3.8, 4) is 0 Å². The lowest BCUT2D eigenvalue weighted by Gasteiger charge is -2.36. The van der Waals surface area contributed by atoms with Crippen molar-refractivity contribution in [2.24, 2.45) is 5.73 Å². The molecule has 0 radical (unpaired) electrons. The zero-order valence-electron chi connectivity index (χ0n) is 13.4. The van der Waals surface area contributed by atoms with Crippen LogP contribution in [0.15, 0.2) is 30.3 Å². The van der Waals surface area contributed by atoms with Crippen LogP contribution in [-0.4, -0.2) is 30.6 Å². The third kappa shape index (κ3) is 4.75. The van der Waals surface area contributed by atoms with Gasteiger partial charge in [0.15, 0.2) is 0 Å². The van der Waals surface area contributed by atoms with Crippen LogP contribution in [0.25, 0.3) is 0 Å². The van der Waals surface area contributed by atoms with Gasteiger partial charge < -0.3 is 16.0 Å². The van der Waals surface area contributed by atoms with Gasteiger partial charge in [0, 0.05) is 24.8 Å². The second-order valence-electron chi connectivity index (χ2n) is 6.46. The molecule has 1 saturated carbocycles. The van der Waals surface area contributed by atoms with Crippen LogP contribution >= 0.6 is 24.8 Å². The molecule has 0 bridgehead atoms. The number of rotatable bonds is 3. The van der Waals surface area contributed by atoms with E-state index in [1.807, 2.05) is 6.07 Å². The fourth-order valence-electron chi connectivity index (χ4n) is 3.53. The smallest absolute Gasteiger partial charge is 0.240 e. The quantitative estimate of drug-likeness (QED) is 0.872. The van der Waals surface area contributed by atoms with E-state index in [0.717, 1.165) is 51.6 Å². The van der Waals surface area contributed by atoms with E-state index in [1.165, 1.54) is 5.69 Å². The van der Waals surface area contributed by atoms with E-state index in [4.69, 9.17) is 5.73 Å². The Balaban J connectivity index is 0.00000132. The predicted molar refractivity (Wildman–Crippen MR) is 99.7 cm³/mol. The van der Waals surface area contributed by atoms with E-state index in [-0.39, 0.29) is 36.8 Å². The lowest BCUT2D eigenvalue weighted by molar-refractivity contribution is -0.126. The van der Waals surface area contributed by atoms with Gasteiger partial charge in [-0.3, -0.25) is 4.79 Å². The first-order valence-corrected chi connectivity index (χ1v) is 8.07. The van der Waals surface area contributed by atoms with E-state index in [0.29, 0.717) is 0 Å². The maximum Gasteiger partial charge on any atom is 0.240 e. The van der Waals surface area contributed by atoms with Crippen molar-refractivity contribution in [2.45, 2.75) is 50.1 Å². The molecule has 3 N–H and O–H groups in total. The van der Waals surface area contributed by atoms with Gasteiger partial charge in [0.2, 0.25) is 5.91 Å². The van der Waals surface area contributed by atoms with Gasteiger partial charge in [-0.15, -0.1) is 24.8 Å². The Hall–Kier alpha value is -0.970. The summed E-state index contributed by atoms with van der Waals surface area (Å²) in [6.07, 6.45) is 5.96. The number of amides is 1. The lowest BCUT2D eigenvalue weighted by atomic mass is 9.96. The molecule has 130 valence electrons. The van der Waals surface area contributed by atoms with Gasteiger partial charge in [0.05, 0.1) is 5.54 Å². The number of benzene rings is 1. The molecule has 23 heavy (non-hydrogen) atoms. The first-order valence-electron chi connectivity index (χ1n) is 8.07. The first kappa shape index (κ1) is 20.1. The number of carbonyl (C=O) groups excluding carboxylic acids is 1. The number of para-hydroxylation sites is 1. The van der Waals surface area contributed by atoms with Crippen LogP contribution in [0, 0.1) is 0 Å². The van der Waals surface area contributed by atoms with Crippen LogP contribution in [-0.2, 0) is 4.79 Å². The maximum atomic E-state index is 12.4. The molecule has 1 aliphatic carbocycles. The van der Waals surface area contributed by atoms with Gasteiger partial charge in [-0.25, -0.2) is 0 Å². The van der Waals surface area contributed by atoms with E-state index in [2.05, 4.69) is 34.5 Å². The fourth-order valence-corrected chi connectivity index (χ4v) is 3.53. The highest BCUT2D eigenvalue weighted by Gasteiger charge is 2.38. The minimum atomic E-state index is -0.616. The number of hydrogen-bond acceptors (Lipinski definition) is 3. The highest BCUT2D eigenvalue weighted by atomic mass is 35.5. The summed E-state index contributed by atoms with van der Waals surface area (Å²) < 4.78 is 0. The van der Waals surface area contributed by atoms with Crippen LogP contribution in [0.4, 0.5) is 5.69 Å². The number of hydrogen-bond donors (Lipinski definition) is 2. The number of nitrogens with zero attached hydrogens (tertiary/aromatic N) is 1. The molecule has 1 atom stereocenters. The minimum absolute atomic E-state index is 0.